The predicted molar refractivity (Wildman–Crippen MR) is 90.5 cm³/mol. The molecule has 2 aromatic rings. The molecule has 2 aliphatic rings. The lowest BCUT2D eigenvalue weighted by atomic mass is 9.86. The number of hydrogen-bond acceptors (Lipinski definition) is 2. The normalized spacial score (nSPS) is 25.8. The summed E-state index contributed by atoms with van der Waals surface area (Å²) in [6.07, 6.45) is 8.06. The van der Waals surface area contributed by atoms with E-state index < -0.39 is 0 Å². The highest BCUT2D eigenvalue weighted by Crippen LogP contribution is 2.49. The van der Waals surface area contributed by atoms with Crippen molar-refractivity contribution in [3.8, 4) is 0 Å². The standard InChI is InChI=1S/C19H22N2O2/c22-18-15-3-1-2-4-17(15)21-11-16(18)19(23)20-8-7-14-10-12-5-6-13(14)9-12/h1-4,11-14H,5-10H2,(H,20,23)(H,21,22). The van der Waals surface area contributed by atoms with Gasteiger partial charge in [-0.1, -0.05) is 18.6 Å². The number of aromatic amines is 1. The molecule has 1 aromatic heterocycles. The van der Waals surface area contributed by atoms with Gasteiger partial charge in [0, 0.05) is 23.6 Å². The molecule has 3 atom stereocenters. The molecule has 2 bridgehead atoms. The zero-order valence-electron chi connectivity index (χ0n) is 13.2. The second kappa shape index (κ2) is 5.84. The van der Waals surface area contributed by atoms with Crippen LogP contribution in [0.3, 0.4) is 0 Å². The van der Waals surface area contributed by atoms with Crippen LogP contribution in [0, 0.1) is 17.8 Å². The maximum absolute atomic E-state index is 12.4. The highest BCUT2D eigenvalue weighted by molar-refractivity contribution is 5.97. The Balaban J connectivity index is 1.41. The van der Waals surface area contributed by atoms with Crippen molar-refractivity contribution < 1.29 is 4.79 Å². The van der Waals surface area contributed by atoms with Gasteiger partial charge < -0.3 is 10.3 Å². The number of H-pyrrole nitrogens is 1. The molecule has 2 saturated carbocycles. The molecular formula is C19H22N2O2. The van der Waals surface area contributed by atoms with Crippen molar-refractivity contribution in [3.05, 3.63) is 46.2 Å². The molecule has 4 rings (SSSR count). The van der Waals surface area contributed by atoms with Crippen LogP contribution < -0.4 is 10.7 Å². The fraction of sp³-hybridized carbons (Fsp3) is 0.474. The minimum Gasteiger partial charge on any atom is -0.360 e. The molecule has 1 amide bonds. The van der Waals surface area contributed by atoms with Gasteiger partial charge in [0.25, 0.3) is 5.91 Å². The number of hydrogen-bond donors (Lipinski definition) is 2. The van der Waals surface area contributed by atoms with Gasteiger partial charge in [-0.15, -0.1) is 0 Å². The second-order valence-corrected chi connectivity index (χ2v) is 7.06. The third kappa shape index (κ3) is 2.67. The second-order valence-electron chi connectivity index (χ2n) is 7.06. The zero-order valence-corrected chi connectivity index (χ0v) is 13.2. The third-order valence-corrected chi connectivity index (χ3v) is 5.72. The highest BCUT2D eigenvalue weighted by atomic mass is 16.2. The molecule has 3 unspecified atom stereocenters. The summed E-state index contributed by atoms with van der Waals surface area (Å²) in [7, 11) is 0. The Hall–Kier alpha value is -2.10. The van der Waals surface area contributed by atoms with Crippen LogP contribution in [0.5, 0.6) is 0 Å². The van der Waals surface area contributed by atoms with Crippen LogP contribution in [-0.4, -0.2) is 17.4 Å². The van der Waals surface area contributed by atoms with Crippen molar-refractivity contribution in [2.45, 2.75) is 32.1 Å². The van der Waals surface area contributed by atoms with Crippen molar-refractivity contribution in [2.24, 2.45) is 17.8 Å². The first kappa shape index (κ1) is 14.5. The van der Waals surface area contributed by atoms with Crippen molar-refractivity contribution in [1.82, 2.24) is 10.3 Å². The molecule has 120 valence electrons. The average Bonchev–Trinajstić information content (AvgIpc) is 3.18. The van der Waals surface area contributed by atoms with E-state index in [1.54, 1.807) is 6.07 Å². The molecule has 2 aliphatic carbocycles. The van der Waals surface area contributed by atoms with E-state index in [1.807, 2.05) is 18.2 Å². The molecule has 4 heteroatoms. The number of carbonyl (C=O) groups is 1. The Morgan fingerprint density at radius 3 is 2.87 bits per heavy atom. The van der Waals surface area contributed by atoms with E-state index in [0.717, 1.165) is 29.7 Å². The van der Waals surface area contributed by atoms with Crippen LogP contribution in [0.25, 0.3) is 10.9 Å². The maximum atomic E-state index is 12.4. The number of rotatable bonds is 4. The number of nitrogens with one attached hydrogen (secondary N) is 2. The van der Waals surface area contributed by atoms with Gasteiger partial charge in [0.1, 0.15) is 5.56 Å². The van der Waals surface area contributed by atoms with Crippen LogP contribution in [0.2, 0.25) is 0 Å². The lowest BCUT2D eigenvalue weighted by Crippen LogP contribution is -2.31. The number of aromatic nitrogens is 1. The first-order chi connectivity index (χ1) is 11.2. The van der Waals surface area contributed by atoms with Crippen molar-refractivity contribution in [3.63, 3.8) is 0 Å². The van der Waals surface area contributed by atoms with E-state index in [1.165, 1.54) is 31.9 Å². The van der Waals surface area contributed by atoms with Crippen molar-refractivity contribution in [2.75, 3.05) is 6.54 Å². The molecule has 0 saturated heterocycles. The summed E-state index contributed by atoms with van der Waals surface area (Å²) in [5.41, 5.74) is 0.768. The highest BCUT2D eigenvalue weighted by Gasteiger charge is 2.38. The molecule has 23 heavy (non-hydrogen) atoms. The van der Waals surface area contributed by atoms with Gasteiger partial charge >= 0.3 is 0 Å². The number of carbonyl (C=O) groups excluding carboxylic acids is 1. The fourth-order valence-corrected chi connectivity index (χ4v) is 4.53. The van der Waals surface area contributed by atoms with Gasteiger partial charge in [-0.3, -0.25) is 9.59 Å². The summed E-state index contributed by atoms with van der Waals surface area (Å²) in [5, 5.41) is 3.50. The average molecular weight is 310 g/mol. The van der Waals surface area contributed by atoms with Crippen molar-refractivity contribution in [1.29, 1.82) is 0 Å². The summed E-state index contributed by atoms with van der Waals surface area (Å²) >= 11 is 0. The Bertz CT molecular complexity index is 795. The van der Waals surface area contributed by atoms with E-state index >= 15 is 0 Å². The van der Waals surface area contributed by atoms with Crippen LogP contribution in [0.4, 0.5) is 0 Å². The predicted octanol–water partition coefficient (Wildman–Crippen LogP) is 3.08. The number of benzene rings is 1. The molecule has 4 nitrogen and oxygen atoms in total. The molecule has 0 aliphatic heterocycles. The summed E-state index contributed by atoms with van der Waals surface area (Å²) in [6.45, 7) is 0.666. The summed E-state index contributed by atoms with van der Waals surface area (Å²) in [5.74, 6) is 2.31. The Morgan fingerprint density at radius 2 is 2.09 bits per heavy atom. The fourth-order valence-electron chi connectivity index (χ4n) is 4.53. The van der Waals surface area contributed by atoms with Gasteiger partial charge in [0.05, 0.1) is 0 Å². The smallest absolute Gasteiger partial charge is 0.256 e. The van der Waals surface area contributed by atoms with Crippen molar-refractivity contribution >= 4 is 16.8 Å². The first-order valence-electron chi connectivity index (χ1n) is 8.61. The minimum absolute atomic E-state index is 0.197. The van der Waals surface area contributed by atoms with E-state index in [0.29, 0.717) is 11.9 Å². The van der Waals surface area contributed by atoms with Crippen LogP contribution in [0.1, 0.15) is 42.5 Å². The largest absolute Gasteiger partial charge is 0.360 e. The lowest BCUT2D eigenvalue weighted by molar-refractivity contribution is 0.0948. The van der Waals surface area contributed by atoms with Gasteiger partial charge in [0.2, 0.25) is 5.43 Å². The minimum atomic E-state index is -0.264. The number of fused-ring (bicyclic) bond motifs is 3. The molecule has 2 fully saturated rings. The van der Waals surface area contributed by atoms with E-state index in [-0.39, 0.29) is 16.9 Å². The summed E-state index contributed by atoms with van der Waals surface area (Å²) in [4.78, 5) is 27.8. The SMILES string of the molecule is O=C(NCCC1CC2CCC1C2)c1c[nH]c2ccccc2c1=O. The number of para-hydroxylation sites is 1. The first-order valence-corrected chi connectivity index (χ1v) is 8.61. The van der Waals surface area contributed by atoms with Gasteiger partial charge in [0.15, 0.2) is 0 Å². The van der Waals surface area contributed by atoms with Crippen LogP contribution >= 0.6 is 0 Å². The van der Waals surface area contributed by atoms with E-state index in [2.05, 4.69) is 10.3 Å². The van der Waals surface area contributed by atoms with E-state index in [9.17, 15) is 9.59 Å². The summed E-state index contributed by atoms with van der Waals surface area (Å²) < 4.78 is 0. The molecule has 0 spiro atoms. The molecule has 1 heterocycles. The molecule has 2 N–H and O–H groups in total. The number of amides is 1. The zero-order chi connectivity index (χ0) is 15.8. The Kier molecular flexibility index (Phi) is 3.68. The van der Waals surface area contributed by atoms with E-state index in [4.69, 9.17) is 0 Å². The lowest BCUT2D eigenvalue weighted by Gasteiger charge is -2.21. The summed E-state index contributed by atoms with van der Waals surface area (Å²) in [6, 6.07) is 7.27. The quantitative estimate of drug-likeness (QED) is 0.911. The van der Waals surface area contributed by atoms with Gasteiger partial charge in [-0.2, -0.15) is 0 Å². The van der Waals surface area contributed by atoms with Gasteiger partial charge in [-0.25, -0.2) is 0 Å². The number of pyridine rings is 1. The molecule has 0 radical (unpaired) electrons. The topological polar surface area (TPSA) is 62.0 Å². The van der Waals surface area contributed by atoms with Gasteiger partial charge in [-0.05, 0) is 55.6 Å². The Morgan fingerprint density at radius 1 is 1.22 bits per heavy atom. The molecule has 1 aromatic carbocycles. The molecular weight excluding hydrogens is 288 g/mol. The third-order valence-electron chi connectivity index (χ3n) is 5.72. The maximum Gasteiger partial charge on any atom is 0.256 e. The Labute approximate surface area is 135 Å². The van der Waals surface area contributed by atoms with Crippen LogP contribution in [0.15, 0.2) is 35.3 Å². The van der Waals surface area contributed by atoms with Crippen LogP contribution in [-0.2, 0) is 0 Å². The monoisotopic (exact) mass is 310 g/mol.